The van der Waals surface area contributed by atoms with E-state index >= 15 is 0 Å². The number of benzene rings is 1. The Morgan fingerprint density at radius 1 is 0.867 bits per heavy atom. The van der Waals surface area contributed by atoms with Gasteiger partial charge in [-0.3, -0.25) is 9.13 Å². The average molecular weight is 256 g/mol. The molecule has 1 aromatic carbocycles. The van der Waals surface area contributed by atoms with E-state index in [1.165, 1.54) is 5.56 Å². The summed E-state index contributed by atoms with van der Waals surface area (Å²) in [5.41, 5.74) is 1.32. The van der Waals surface area contributed by atoms with E-state index in [-0.39, 0.29) is 0 Å². The van der Waals surface area contributed by atoms with Crippen molar-refractivity contribution in [3.63, 3.8) is 0 Å². The Morgan fingerprint density at radius 2 is 1.13 bits per heavy atom. The van der Waals surface area contributed by atoms with Crippen molar-refractivity contribution in [2.75, 3.05) is 0 Å². The van der Waals surface area contributed by atoms with Gasteiger partial charge in [0, 0.05) is 0 Å². The van der Waals surface area contributed by atoms with Crippen molar-refractivity contribution in [3.8, 4) is 0 Å². The Kier molecular flexibility index (Phi) is 13.1. The maximum atomic E-state index is 8.74. The van der Waals surface area contributed by atoms with Gasteiger partial charge in [0.1, 0.15) is 0 Å². The molecule has 8 heteroatoms. The van der Waals surface area contributed by atoms with Crippen molar-refractivity contribution in [2.24, 2.45) is 0 Å². The van der Waals surface area contributed by atoms with E-state index in [0.29, 0.717) is 0 Å². The van der Waals surface area contributed by atoms with Crippen molar-refractivity contribution in [2.45, 2.75) is 6.92 Å². The van der Waals surface area contributed by atoms with Gasteiger partial charge in [-0.1, -0.05) is 35.9 Å². The first-order valence-corrected chi connectivity index (χ1v) is 6.32. The van der Waals surface area contributed by atoms with Gasteiger partial charge in [0.25, 0.3) is 0 Å². The van der Waals surface area contributed by atoms with E-state index in [0.717, 1.165) is 0 Å². The molecule has 0 aliphatic carbocycles. The third-order valence-corrected chi connectivity index (χ3v) is 0.940. The van der Waals surface area contributed by atoms with Crippen LogP contribution in [0, 0.1) is 6.92 Å². The van der Waals surface area contributed by atoms with Gasteiger partial charge in [-0.25, -0.2) is 0 Å². The van der Waals surface area contributed by atoms with E-state index < -0.39 is 16.5 Å². The molecule has 0 radical (unpaired) electrons. The lowest BCUT2D eigenvalue weighted by atomic mass is 10.2. The minimum absolute atomic E-state index is 1.32. The van der Waals surface area contributed by atoms with Crippen LogP contribution in [0.25, 0.3) is 0 Å². The van der Waals surface area contributed by atoms with Crippen LogP contribution < -0.4 is 0 Å². The van der Waals surface area contributed by atoms with Crippen molar-refractivity contribution < 1.29 is 28.7 Å². The fourth-order valence-corrected chi connectivity index (χ4v) is 0.534. The molecule has 1 aromatic rings. The molecule has 0 aliphatic heterocycles. The Bertz CT molecular complexity index is 269. The van der Waals surface area contributed by atoms with Gasteiger partial charge < -0.3 is 19.6 Å². The van der Waals surface area contributed by atoms with Crippen LogP contribution >= 0.6 is 16.5 Å². The van der Waals surface area contributed by atoms with Gasteiger partial charge in [0.2, 0.25) is 0 Å². The molecule has 0 heterocycles. The SMILES string of the molecule is Cc1ccccc1.O=[PH](O)O.O=[PH](O)O. The predicted octanol–water partition coefficient (Wildman–Crippen LogP) is 0.716. The van der Waals surface area contributed by atoms with Crippen molar-refractivity contribution >= 4 is 16.5 Å². The highest BCUT2D eigenvalue weighted by atomic mass is 31.1. The van der Waals surface area contributed by atoms with Crippen LogP contribution in [0.3, 0.4) is 0 Å². The van der Waals surface area contributed by atoms with E-state index in [2.05, 4.69) is 19.1 Å². The minimum atomic E-state index is -3.13. The molecule has 1 rings (SSSR count). The molecule has 4 N–H and O–H groups in total. The summed E-state index contributed by atoms with van der Waals surface area (Å²) in [7, 11) is -6.26. The quantitative estimate of drug-likeness (QED) is 0.508. The topological polar surface area (TPSA) is 115 Å². The first-order valence-electron chi connectivity index (χ1n) is 3.71. The Labute approximate surface area is 88.7 Å². The second-order valence-electron chi connectivity index (χ2n) is 2.22. The summed E-state index contributed by atoms with van der Waals surface area (Å²) >= 11 is 0. The van der Waals surface area contributed by atoms with Gasteiger partial charge in [0.05, 0.1) is 0 Å². The predicted molar refractivity (Wildman–Crippen MR) is 58.1 cm³/mol. The fourth-order valence-electron chi connectivity index (χ4n) is 0.534. The lowest BCUT2D eigenvalue weighted by Crippen LogP contribution is -1.62. The zero-order chi connectivity index (χ0) is 12.3. The molecule has 15 heavy (non-hydrogen) atoms. The third kappa shape index (κ3) is 31.7. The monoisotopic (exact) mass is 256 g/mol. The zero-order valence-electron chi connectivity index (χ0n) is 7.99. The van der Waals surface area contributed by atoms with E-state index in [9.17, 15) is 0 Å². The Balaban J connectivity index is 0. The molecule has 0 aliphatic rings. The first-order chi connectivity index (χ1) is 6.86. The van der Waals surface area contributed by atoms with Gasteiger partial charge in [0.15, 0.2) is 0 Å². The van der Waals surface area contributed by atoms with Crippen LogP contribution in [-0.2, 0) is 9.13 Å². The smallest absolute Gasteiger partial charge is 0.314 e. The molecule has 88 valence electrons. The lowest BCUT2D eigenvalue weighted by molar-refractivity contribution is 0.403. The summed E-state index contributed by atoms with van der Waals surface area (Å²) in [5, 5.41) is 0. The number of rotatable bonds is 0. The normalized spacial score (nSPS) is 8.73. The highest BCUT2D eigenvalue weighted by Crippen LogP contribution is 1.99. The molecule has 0 fully saturated rings. The summed E-state index contributed by atoms with van der Waals surface area (Å²) < 4.78 is 17.5. The maximum absolute atomic E-state index is 8.74. The van der Waals surface area contributed by atoms with Gasteiger partial charge >= 0.3 is 16.5 Å². The molecule has 0 aromatic heterocycles. The fraction of sp³-hybridized carbons (Fsp3) is 0.143. The van der Waals surface area contributed by atoms with Crippen LogP contribution in [0.5, 0.6) is 0 Å². The van der Waals surface area contributed by atoms with Crippen molar-refractivity contribution in [1.29, 1.82) is 0 Å². The molecule has 0 atom stereocenters. The van der Waals surface area contributed by atoms with Crippen LogP contribution in [0.4, 0.5) is 0 Å². The van der Waals surface area contributed by atoms with Gasteiger partial charge in [-0.15, -0.1) is 0 Å². The summed E-state index contributed by atoms with van der Waals surface area (Å²) in [6.45, 7) is 2.08. The summed E-state index contributed by atoms with van der Waals surface area (Å²) in [5.74, 6) is 0. The number of aryl methyl sites for hydroxylation is 1. The van der Waals surface area contributed by atoms with E-state index in [4.69, 9.17) is 28.7 Å². The molecular weight excluding hydrogens is 242 g/mol. The molecule has 0 amide bonds. The number of hydrogen-bond donors (Lipinski definition) is 4. The van der Waals surface area contributed by atoms with E-state index in [1.807, 2.05) is 18.2 Å². The minimum Gasteiger partial charge on any atom is -0.326 e. The Hall–Kier alpha value is -0.480. The highest BCUT2D eigenvalue weighted by molar-refractivity contribution is 7.31. The number of hydrogen-bond acceptors (Lipinski definition) is 2. The van der Waals surface area contributed by atoms with Crippen LogP contribution in [0.1, 0.15) is 5.56 Å². The summed E-state index contributed by atoms with van der Waals surface area (Å²) in [4.78, 5) is 28.6. The molecule has 0 saturated carbocycles. The van der Waals surface area contributed by atoms with Gasteiger partial charge in [-0.05, 0) is 6.92 Å². The third-order valence-electron chi connectivity index (χ3n) is 0.940. The molecule has 0 saturated heterocycles. The van der Waals surface area contributed by atoms with Crippen molar-refractivity contribution in [1.82, 2.24) is 0 Å². The van der Waals surface area contributed by atoms with Crippen LogP contribution in [0.15, 0.2) is 30.3 Å². The second-order valence-corrected chi connectivity index (χ2v) is 3.35. The average Bonchev–Trinajstić information content (AvgIpc) is 2.03. The van der Waals surface area contributed by atoms with Crippen LogP contribution in [0.2, 0.25) is 0 Å². The van der Waals surface area contributed by atoms with Gasteiger partial charge in [-0.2, -0.15) is 0 Å². The van der Waals surface area contributed by atoms with E-state index in [1.54, 1.807) is 0 Å². The largest absolute Gasteiger partial charge is 0.326 e. The second kappa shape index (κ2) is 11.6. The van der Waals surface area contributed by atoms with Crippen LogP contribution in [-0.4, -0.2) is 19.6 Å². The molecular formula is C7H14O6P2. The maximum Gasteiger partial charge on any atom is 0.314 e. The molecule has 0 unspecified atom stereocenters. The van der Waals surface area contributed by atoms with Crippen molar-refractivity contribution in [3.05, 3.63) is 35.9 Å². The summed E-state index contributed by atoms with van der Waals surface area (Å²) in [6.07, 6.45) is 0. The highest BCUT2D eigenvalue weighted by Gasteiger charge is 1.72. The molecule has 0 bridgehead atoms. The molecule has 0 spiro atoms. The lowest BCUT2D eigenvalue weighted by Gasteiger charge is -1.82. The zero-order valence-corrected chi connectivity index (χ0v) is 9.99. The summed E-state index contributed by atoms with van der Waals surface area (Å²) in [6, 6.07) is 10.3. The first kappa shape index (κ1) is 16.9. The standard InChI is InChI=1S/C7H8.2H3O3P/c1-7-5-3-2-4-6-7;2*1-4(2)3/h2-6H,1H3;2*4H,(H2,1,2,3). The molecule has 6 nitrogen and oxygen atoms in total. The Morgan fingerprint density at radius 3 is 1.27 bits per heavy atom.